The van der Waals surface area contributed by atoms with E-state index in [9.17, 15) is 39.9 Å². The number of nitrogens with zero attached hydrogens (tertiary/aromatic N) is 1. The molecule has 12 heteroatoms. The lowest BCUT2D eigenvalue weighted by atomic mass is 9.78. The van der Waals surface area contributed by atoms with E-state index in [4.69, 9.17) is 15.6 Å². The Morgan fingerprint density at radius 2 is 1.39 bits per heavy atom. The lowest BCUT2D eigenvalue weighted by Crippen LogP contribution is -2.72. The predicted molar refractivity (Wildman–Crippen MR) is 152 cm³/mol. The first kappa shape index (κ1) is 37.4. The number of carbonyl (C=O) groups is 3. The molecule has 1 aliphatic heterocycles. The highest BCUT2D eigenvalue weighted by Gasteiger charge is 2.61. The number of unbranched alkanes of at least 4 members (excludes halogenated alkanes) is 12. The predicted octanol–water partition coefficient (Wildman–Crippen LogP) is 1.08. The molecule has 1 saturated heterocycles. The van der Waals surface area contributed by atoms with Crippen molar-refractivity contribution in [3.05, 3.63) is 0 Å². The van der Waals surface area contributed by atoms with Crippen LogP contribution in [0.5, 0.6) is 0 Å². The molecule has 2 unspecified atom stereocenters. The highest BCUT2D eigenvalue weighted by atomic mass is 16.7. The van der Waals surface area contributed by atoms with E-state index in [1.807, 2.05) is 0 Å². The van der Waals surface area contributed by atoms with E-state index in [-0.39, 0.29) is 18.9 Å². The zero-order valence-electron chi connectivity index (χ0n) is 24.8. The van der Waals surface area contributed by atoms with Gasteiger partial charge in [0, 0.05) is 13.0 Å². The van der Waals surface area contributed by atoms with Crippen LogP contribution in [0.25, 0.3) is 0 Å². The summed E-state index contributed by atoms with van der Waals surface area (Å²) in [5.74, 6) is -8.65. The number of carboxylic acids is 1. The number of hydrogen-bond acceptors (Lipinski definition) is 10. The maximum absolute atomic E-state index is 13.1. The van der Waals surface area contributed by atoms with Crippen molar-refractivity contribution in [2.24, 2.45) is 11.7 Å². The van der Waals surface area contributed by atoms with E-state index >= 15 is 0 Å². The number of hydrogen-bond donors (Lipinski definition) is 7. The molecule has 0 aromatic heterocycles. The number of Topliss-reactive ketones (excluding diaryl/α,β-unsaturated/α-hetero) is 1. The molecule has 1 aliphatic rings. The summed E-state index contributed by atoms with van der Waals surface area (Å²) in [5, 5.41) is 60.1. The molecule has 1 amide bonds. The molecule has 240 valence electrons. The topological polar surface area (TPSA) is 211 Å². The quantitative estimate of drug-likeness (QED) is 0.0886. The molecule has 0 aromatic rings. The fraction of sp³-hybridized carbons (Fsp3) is 0.897. The van der Waals surface area contributed by atoms with Gasteiger partial charge in [-0.25, -0.2) is 4.79 Å². The molecule has 0 radical (unpaired) electrons. The Morgan fingerprint density at radius 3 is 1.83 bits per heavy atom. The van der Waals surface area contributed by atoms with Crippen LogP contribution in [-0.2, 0) is 19.1 Å². The molecule has 1 heterocycles. The van der Waals surface area contributed by atoms with Crippen molar-refractivity contribution in [1.82, 2.24) is 4.90 Å². The maximum Gasteiger partial charge on any atom is 0.365 e. The molecule has 7 atom stereocenters. The fourth-order valence-corrected chi connectivity index (χ4v) is 5.34. The summed E-state index contributed by atoms with van der Waals surface area (Å²) in [5.41, 5.74) is 5.89. The number of ether oxygens (including phenoxy) is 1. The van der Waals surface area contributed by atoms with E-state index in [1.165, 1.54) is 62.7 Å². The van der Waals surface area contributed by atoms with Crippen LogP contribution in [0.1, 0.15) is 104 Å². The van der Waals surface area contributed by atoms with Crippen LogP contribution in [0.4, 0.5) is 0 Å². The Bertz CT molecular complexity index is 785. The first-order valence-electron chi connectivity index (χ1n) is 15.3. The second kappa shape index (κ2) is 19.5. The van der Waals surface area contributed by atoms with Crippen molar-refractivity contribution in [3.8, 4) is 0 Å². The van der Waals surface area contributed by atoms with E-state index in [0.717, 1.165) is 19.3 Å². The third-order valence-electron chi connectivity index (χ3n) is 8.00. The Kier molecular flexibility index (Phi) is 17.8. The zero-order valence-corrected chi connectivity index (χ0v) is 24.8. The van der Waals surface area contributed by atoms with Crippen molar-refractivity contribution in [3.63, 3.8) is 0 Å². The molecule has 12 nitrogen and oxygen atoms in total. The maximum atomic E-state index is 13.1. The second-order valence-corrected chi connectivity index (χ2v) is 11.2. The minimum atomic E-state index is -3.29. The number of carboxylic acid groups (broad SMARTS) is 1. The Labute approximate surface area is 243 Å². The molecule has 1 rings (SSSR count). The van der Waals surface area contributed by atoms with Crippen molar-refractivity contribution in [1.29, 1.82) is 0 Å². The highest BCUT2D eigenvalue weighted by molar-refractivity contribution is 5.93. The molecular weight excluding hydrogens is 536 g/mol. The summed E-state index contributed by atoms with van der Waals surface area (Å²) in [7, 11) is 0. The van der Waals surface area contributed by atoms with Gasteiger partial charge in [0.2, 0.25) is 5.91 Å². The van der Waals surface area contributed by atoms with Gasteiger partial charge in [0.25, 0.3) is 5.79 Å². The molecule has 41 heavy (non-hydrogen) atoms. The van der Waals surface area contributed by atoms with Crippen molar-refractivity contribution >= 4 is 17.7 Å². The number of likely N-dealkylation sites (N-methyl/N-ethyl adjacent to an activating group) is 1. The van der Waals surface area contributed by atoms with E-state index in [0.29, 0.717) is 6.42 Å². The third kappa shape index (κ3) is 11.5. The Balaban J connectivity index is 2.56. The van der Waals surface area contributed by atoms with Gasteiger partial charge < -0.3 is 46.0 Å². The number of aliphatic hydroxyl groups excluding tert-OH is 4. The lowest BCUT2D eigenvalue weighted by Gasteiger charge is -2.47. The van der Waals surface area contributed by atoms with Gasteiger partial charge in [0.15, 0.2) is 5.78 Å². The summed E-state index contributed by atoms with van der Waals surface area (Å²) in [4.78, 5) is 39.1. The minimum Gasteiger partial charge on any atom is -0.477 e. The highest BCUT2D eigenvalue weighted by Crippen LogP contribution is 2.35. The number of aliphatic hydroxyl groups is 5. The molecule has 0 bridgehead atoms. The van der Waals surface area contributed by atoms with Gasteiger partial charge in [0.1, 0.15) is 24.2 Å². The summed E-state index contributed by atoms with van der Waals surface area (Å²) < 4.78 is 5.09. The summed E-state index contributed by atoms with van der Waals surface area (Å²) in [6.07, 6.45) is 7.80. The smallest absolute Gasteiger partial charge is 0.365 e. The average Bonchev–Trinajstić information content (AvgIpc) is 2.95. The number of nitrogens with two attached hydrogens (primary N) is 1. The van der Waals surface area contributed by atoms with Crippen LogP contribution in [0.2, 0.25) is 0 Å². The van der Waals surface area contributed by atoms with Crippen molar-refractivity contribution in [2.75, 3.05) is 19.7 Å². The first-order valence-corrected chi connectivity index (χ1v) is 15.3. The van der Waals surface area contributed by atoms with Gasteiger partial charge in [-0.2, -0.15) is 0 Å². The fourth-order valence-electron chi connectivity index (χ4n) is 5.34. The zero-order chi connectivity index (χ0) is 31.0. The normalized spacial score (nSPS) is 26.0. The van der Waals surface area contributed by atoms with Crippen LogP contribution in [0, 0.1) is 5.92 Å². The minimum absolute atomic E-state index is 0.147. The van der Waals surface area contributed by atoms with Gasteiger partial charge in [0.05, 0.1) is 25.3 Å². The summed E-state index contributed by atoms with van der Waals surface area (Å²) in [6.45, 7) is 2.52. The van der Waals surface area contributed by atoms with E-state index in [1.54, 1.807) is 6.92 Å². The van der Waals surface area contributed by atoms with E-state index in [2.05, 4.69) is 6.92 Å². The van der Waals surface area contributed by atoms with Gasteiger partial charge >= 0.3 is 5.97 Å². The molecule has 8 N–H and O–H groups in total. The second-order valence-electron chi connectivity index (χ2n) is 11.2. The molecule has 0 aliphatic carbocycles. The average molecular weight is 591 g/mol. The van der Waals surface area contributed by atoms with Gasteiger partial charge in [-0.15, -0.1) is 0 Å². The Hall–Kier alpha value is -1.67. The largest absolute Gasteiger partial charge is 0.477 e. The molecule has 0 spiro atoms. The van der Waals surface area contributed by atoms with Crippen LogP contribution in [-0.4, -0.2) is 109 Å². The van der Waals surface area contributed by atoms with Crippen molar-refractivity contribution in [2.45, 2.75) is 140 Å². The standard InChI is InChI=1S/C29H54N2O10/c1-3-5-6-7-8-9-10-11-12-13-14-15-16-17-22(35)31(4-2)18-20(33)23-26(37)24(30)27(25(36)21(34)19-32)41-29(23,40)28(38)39/h21,23-27,32,34,36-37,40H,3-19,30H2,1-2H3,(H,38,39)/t21-,23?,24-,25-,26+,27-,29?/m1/s1. The number of rotatable bonds is 22. The van der Waals surface area contributed by atoms with Gasteiger partial charge in [-0.1, -0.05) is 84.0 Å². The number of aliphatic carboxylic acids is 1. The van der Waals surface area contributed by atoms with Crippen LogP contribution in [0.3, 0.4) is 0 Å². The molecular formula is C29H54N2O10. The third-order valence-corrected chi connectivity index (χ3v) is 8.00. The van der Waals surface area contributed by atoms with Crippen LogP contribution < -0.4 is 5.73 Å². The van der Waals surface area contributed by atoms with Crippen LogP contribution in [0.15, 0.2) is 0 Å². The molecule has 1 fully saturated rings. The molecule has 0 aromatic carbocycles. The van der Waals surface area contributed by atoms with Crippen LogP contribution >= 0.6 is 0 Å². The van der Waals surface area contributed by atoms with E-state index < -0.39 is 67.1 Å². The number of amides is 1. The Morgan fingerprint density at radius 1 is 0.902 bits per heavy atom. The SMILES string of the molecule is CCCCCCCCCCCCCCCC(=O)N(CC)CC(=O)C1[C@H](O)[C@@H](N)[C@H]([C@H](O)[C@H](O)CO)OC1(O)C(=O)O. The number of carbonyl (C=O) groups excluding carboxylic acids is 2. The monoisotopic (exact) mass is 590 g/mol. The lowest BCUT2D eigenvalue weighted by molar-refractivity contribution is -0.311. The molecule has 0 saturated carbocycles. The number of ketones is 1. The van der Waals surface area contributed by atoms with Gasteiger partial charge in [-0.05, 0) is 13.3 Å². The summed E-state index contributed by atoms with van der Waals surface area (Å²) >= 11 is 0. The van der Waals surface area contributed by atoms with Gasteiger partial charge in [-0.3, -0.25) is 9.59 Å². The summed E-state index contributed by atoms with van der Waals surface area (Å²) in [6, 6.07) is -1.59. The van der Waals surface area contributed by atoms with Crippen molar-refractivity contribution < 1.29 is 49.8 Å². The first-order chi connectivity index (χ1) is 19.5.